The number of halogens is 2. The van der Waals surface area contributed by atoms with Crippen molar-refractivity contribution in [3.63, 3.8) is 0 Å². The SMILES string of the molecule is COCCCn1nnnc1-c1cc(-c2ccc(Cl)cc2Cl)c(O)cc1O. The number of benzene rings is 2. The number of hydrogen-bond acceptors (Lipinski definition) is 6. The van der Waals surface area contributed by atoms with Gasteiger partial charge in [-0.05, 0) is 35.0 Å². The normalized spacial score (nSPS) is 11.0. The highest BCUT2D eigenvalue weighted by Gasteiger charge is 2.18. The van der Waals surface area contributed by atoms with Crippen LogP contribution in [0.25, 0.3) is 22.5 Å². The zero-order chi connectivity index (χ0) is 18.7. The van der Waals surface area contributed by atoms with Gasteiger partial charge < -0.3 is 14.9 Å². The van der Waals surface area contributed by atoms with Gasteiger partial charge in [-0.2, -0.15) is 0 Å². The summed E-state index contributed by atoms with van der Waals surface area (Å²) in [5, 5.41) is 33.0. The molecule has 0 saturated heterocycles. The number of aromatic hydroxyl groups is 2. The van der Waals surface area contributed by atoms with Gasteiger partial charge in [0.25, 0.3) is 0 Å². The molecular formula is C17H16Cl2N4O3. The minimum Gasteiger partial charge on any atom is -0.507 e. The third kappa shape index (κ3) is 3.75. The number of aromatic nitrogens is 4. The van der Waals surface area contributed by atoms with E-state index in [-0.39, 0.29) is 11.5 Å². The van der Waals surface area contributed by atoms with Gasteiger partial charge in [0.15, 0.2) is 5.82 Å². The van der Waals surface area contributed by atoms with Crippen LogP contribution in [-0.2, 0) is 11.3 Å². The van der Waals surface area contributed by atoms with Crippen molar-refractivity contribution < 1.29 is 14.9 Å². The van der Waals surface area contributed by atoms with Crippen LogP contribution in [0.15, 0.2) is 30.3 Å². The second-order valence-corrected chi connectivity index (χ2v) is 6.43. The highest BCUT2D eigenvalue weighted by atomic mass is 35.5. The third-order valence-electron chi connectivity index (χ3n) is 3.83. The monoisotopic (exact) mass is 394 g/mol. The standard InChI is InChI=1S/C17H16Cl2N4O3/c1-26-6-2-5-23-17(20-21-22-23)13-8-12(15(24)9-16(13)25)11-4-3-10(18)7-14(11)19/h3-4,7-9,24-25H,2,5-6H2,1H3. The van der Waals surface area contributed by atoms with Crippen molar-refractivity contribution in [3.8, 4) is 34.0 Å². The van der Waals surface area contributed by atoms with E-state index in [1.54, 1.807) is 36.1 Å². The second kappa shape index (κ2) is 7.90. The summed E-state index contributed by atoms with van der Waals surface area (Å²) < 4.78 is 6.60. The topological polar surface area (TPSA) is 93.3 Å². The lowest BCUT2D eigenvalue weighted by molar-refractivity contribution is 0.189. The first-order valence-corrected chi connectivity index (χ1v) is 8.53. The van der Waals surface area contributed by atoms with E-state index in [0.717, 1.165) is 0 Å². The number of tetrazole rings is 1. The summed E-state index contributed by atoms with van der Waals surface area (Å²) in [6, 6.07) is 7.78. The molecule has 0 atom stereocenters. The Hall–Kier alpha value is -2.35. The minimum atomic E-state index is -0.140. The van der Waals surface area contributed by atoms with Crippen LogP contribution in [0.4, 0.5) is 0 Å². The number of hydrogen-bond donors (Lipinski definition) is 2. The first-order chi connectivity index (χ1) is 12.5. The summed E-state index contributed by atoms with van der Waals surface area (Å²) in [6.45, 7) is 1.08. The molecule has 3 rings (SSSR count). The van der Waals surface area contributed by atoms with Crippen LogP contribution in [0.5, 0.6) is 11.5 Å². The molecule has 0 aliphatic heterocycles. The molecule has 2 aromatic carbocycles. The fourth-order valence-corrected chi connectivity index (χ4v) is 3.10. The fraction of sp³-hybridized carbons (Fsp3) is 0.235. The molecule has 0 radical (unpaired) electrons. The molecular weight excluding hydrogens is 379 g/mol. The van der Waals surface area contributed by atoms with E-state index >= 15 is 0 Å². The highest BCUT2D eigenvalue weighted by Crippen LogP contribution is 2.41. The van der Waals surface area contributed by atoms with Gasteiger partial charge in [-0.1, -0.05) is 29.3 Å². The summed E-state index contributed by atoms with van der Waals surface area (Å²) in [5.41, 5.74) is 1.39. The Kier molecular flexibility index (Phi) is 5.61. The summed E-state index contributed by atoms with van der Waals surface area (Å²) in [6.07, 6.45) is 0.712. The Bertz CT molecular complexity index is 930. The van der Waals surface area contributed by atoms with Gasteiger partial charge in [0.1, 0.15) is 11.5 Å². The lowest BCUT2D eigenvalue weighted by Crippen LogP contribution is -2.05. The average Bonchev–Trinajstić information content (AvgIpc) is 3.04. The fourth-order valence-electron chi connectivity index (χ4n) is 2.59. The number of phenolic OH excluding ortho intramolecular Hbond substituents is 2. The zero-order valence-corrected chi connectivity index (χ0v) is 15.4. The smallest absolute Gasteiger partial charge is 0.185 e. The number of methoxy groups -OCH3 is 1. The van der Waals surface area contributed by atoms with Gasteiger partial charge in [-0.25, -0.2) is 4.68 Å². The largest absolute Gasteiger partial charge is 0.507 e. The van der Waals surface area contributed by atoms with E-state index in [1.165, 1.54) is 6.07 Å². The molecule has 0 bridgehead atoms. The summed E-state index contributed by atoms with van der Waals surface area (Å²) in [5.74, 6) is 0.123. The molecule has 1 aromatic heterocycles. The number of aryl methyl sites for hydroxylation is 1. The molecule has 9 heteroatoms. The molecule has 0 spiro atoms. The summed E-state index contributed by atoms with van der Waals surface area (Å²) >= 11 is 12.2. The number of ether oxygens (including phenoxy) is 1. The van der Waals surface area contributed by atoms with Crippen molar-refractivity contribution in [2.45, 2.75) is 13.0 Å². The number of nitrogens with zero attached hydrogens (tertiary/aromatic N) is 4. The molecule has 26 heavy (non-hydrogen) atoms. The molecule has 3 aromatic rings. The van der Waals surface area contributed by atoms with E-state index in [9.17, 15) is 10.2 Å². The average molecular weight is 395 g/mol. The highest BCUT2D eigenvalue weighted by molar-refractivity contribution is 6.36. The van der Waals surface area contributed by atoms with E-state index in [2.05, 4.69) is 15.5 Å². The maximum Gasteiger partial charge on any atom is 0.185 e. The predicted molar refractivity (Wildman–Crippen MR) is 98.5 cm³/mol. The summed E-state index contributed by atoms with van der Waals surface area (Å²) in [7, 11) is 1.62. The van der Waals surface area contributed by atoms with Crippen LogP contribution in [-0.4, -0.2) is 44.1 Å². The first-order valence-electron chi connectivity index (χ1n) is 7.78. The quantitative estimate of drug-likeness (QED) is 0.618. The van der Waals surface area contributed by atoms with E-state index in [0.29, 0.717) is 52.1 Å². The van der Waals surface area contributed by atoms with Gasteiger partial charge >= 0.3 is 0 Å². The minimum absolute atomic E-state index is 0.117. The van der Waals surface area contributed by atoms with Gasteiger partial charge in [0.2, 0.25) is 0 Å². The lowest BCUT2D eigenvalue weighted by Gasteiger charge is -2.12. The Morgan fingerprint density at radius 1 is 1.04 bits per heavy atom. The van der Waals surface area contributed by atoms with E-state index in [1.807, 2.05) is 0 Å². The van der Waals surface area contributed by atoms with Crippen LogP contribution in [0.2, 0.25) is 10.0 Å². The van der Waals surface area contributed by atoms with E-state index in [4.69, 9.17) is 27.9 Å². The zero-order valence-electron chi connectivity index (χ0n) is 13.9. The molecule has 0 unspecified atom stereocenters. The predicted octanol–water partition coefficient (Wildman–Crippen LogP) is 3.76. The van der Waals surface area contributed by atoms with Crippen molar-refractivity contribution in [1.82, 2.24) is 20.2 Å². The molecule has 0 fully saturated rings. The molecule has 0 amide bonds. The second-order valence-electron chi connectivity index (χ2n) is 5.58. The van der Waals surface area contributed by atoms with Gasteiger partial charge in [0, 0.05) is 42.5 Å². The number of phenols is 2. The Labute approximate surface area is 159 Å². The van der Waals surface area contributed by atoms with Crippen molar-refractivity contribution in [3.05, 3.63) is 40.4 Å². The van der Waals surface area contributed by atoms with Crippen LogP contribution < -0.4 is 0 Å². The van der Waals surface area contributed by atoms with Gasteiger partial charge in [0.05, 0.1) is 10.6 Å². The number of rotatable bonds is 6. The molecule has 0 saturated carbocycles. The molecule has 1 heterocycles. The molecule has 136 valence electrons. The van der Waals surface area contributed by atoms with Gasteiger partial charge in [-0.15, -0.1) is 5.10 Å². The molecule has 0 aliphatic carbocycles. The summed E-state index contributed by atoms with van der Waals surface area (Å²) in [4.78, 5) is 0. The Balaban J connectivity index is 2.06. The van der Waals surface area contributed by atoms with E-state index < -0.39 is 0 Å². The third-order valence-corrected chi connectivity index (χ3v) is 4.37. The van der Waals surface area contributed by atoms with Crippen molar-refractivity contribution >= 4 is 23.2 Å². The lowest BCUT2D eigenvalue weighted by atomic mass is 10.0. The Morgan fingerprint density at radius 3 is 2.54 bits per heavy atom. The van der Waals surface area contributed by atoms with Crippen LogP contribution in [0.1, 0.15) is 6.42 Å². The first kappa shape index (κ1) is 18.4. The van der Waals surface area contributed by atoms with Gasteiger partial charge in [-0.3, -0.25) is 0 Å². The van der Waals surface area contributed by atoms with Crippen molar-refractivity contribution in [2.75, 3.05) is 13.7 Å². The maximum atomic E-state index is 10.3. The molecule has 0 aliphatic rings. The van der Waals surface area contributed by atoms with Crippen LogP contribution in [0, 0.1) is 0 Å². The maximum absolute atomic E-state index is 10.3. The Morgan fingerprint density at radius 2 is 1.81 bits per heavy atom. The van der Waals surface area contributed by atoms with Crippen LogP contribution in [0.3, 0.4) is 0 Å². The molecule has 7 nitrogen and oxygen atoms in total. The van der Waals surface area contributed by atoms with Crippen LogP contribution >= 0.6 is 23.2 Å². The van der Waals surface area contributed by atoms with Crippen molar-refractivity contribution in [1.29, 1.82) is 0 Å². The van der Waals surface area contributed by atoms with Crippen molar-refractivity contribution in [2.24, 2.45) is 0 Å². The molecule has 2 N–H and O–H groups in total.